The van der Waals surface area contributed by atoms with Crippen molar-refractivity contribution in [2.45, 2.75) is 32.0 Å². The third-order valence-electron chi connectivity index (χ3n) is 3.72. The molecule has 2 rings (SSSR count). The number of hydrogen-bond acceptors (Lipinski definition) is 3. The predicted molar refractivity (Wildman–Crippen MR) is 89.4 cm³/mol. The van der Waals surface area contributed by atoms with Gasteiger partial charge < -0.3 is 0 Å². The molecule has 0 aromatic heterocycles. The van der Waals surface area contributed by atoms with E-state index in [4.69, 9.17) is 4.11 Å². The van der Waals surface area contributed by atoms with Gasteiger partial charge in [-0.3, -0.25) is 14.4 Å². The Hall–Kier alpha value is -2.55. The minimum absolute atomic E-state index is 0.0829. The molecule has 3 heteroatoms. The van der Waals surface area contributed by atoms with Crippen molar-refractivity contribution in [1.82, 2.24) is 0 Å². The molecule has 118 valence electrons. The number of Topliss-reactive ketones (excluding diaryl/α,β-unsaturated/α-hetero) is 3. The summed E-state index contributed by atoms with van der Waals surface area (Å²) in [5.74, 6) is -4.21. The fraction of sp³-hybridized carbons (Fsp3) is 0.250. The molecule has 0 fully saturated rings. The summed E-state index contributed by atoms with van der Waals surface area (Å²) < 4.78 is 22.4. The molecule has 0 saturated carbocycles. The van der Waals surface area contributed by atoms with Crippen LogP contribution in [0, 0.1) is 0 Å². The monoisotopic (exact) mass is 311 g/mol. The second-order valence-corrected chi connectivity index (χ2v) is 5.48. The van der Waals surface area contributed by atoms with Crippen LogP contribution in [0.15, 0.2) is 60.7 Å². The zero-order valence-corrected chi connectivity index (χ0v) is 12.9. The third kappa shape index (κ3) is 4.22. The molecule has 0 aliphatic carbocycles. The zero-order chi connectivity index (χ0) is 19.3. The van der Waals surface area contributed by atoms with Crippen LogP contribution in [0.5, 0.6) is 0 Å². The molecule has 2 unspecified atom stereocenters. The van der Waals surface area contributed by atoms with E-state index in [0.29, 0.717) is 11.1 Å². The summed E-state index contributed by atoms with van der Waals surface area (Å²) >= 11 is 0. The third-order valence-corrected chi connectivity index (χ3v) is 3.72. The van der Waals surface area contributed by atoms with Crippen molar-refractivity contribution in [3.63, 3.8) is 0 Å². The number of hydrogen-bond donors (Lipinski definition) is 0. The Labute approximate surface area is 140 Å². The van der Waals surface area contributed by atoms with E-state index in [-0.39, 0.29) is 12.2 Å². The van der Waals surface area contributed by atoms with Gasteiger partial charge in [0.25, 0.3) is 0 Å². The molecule has 0 saturated heterocycles. The summed E-state index contributed by atoms with van der Waals surface area (Å²) in [6, 6.07) is 16.8. The van der Waals surface area contributed by atoms with Crippen molar-refractivity contribution in [3.05, 3.63) is 71.8 Å². The van der Waals surface area contributed by atoms with Gasteiger partial charge in [-0.05, 0) is 24.9 Å². The van der Waals surface area contributed by atoms with Gasteiger partial charge in [-0.25, -0.2) is 0 Å². The van der Waals surface area contributed by atoms with Crippen LogP contribution < -0.4 is 0 Å². The Morgan fingerprint density at radius 2 is 1.43 bits per heavy atom. The molecular weight excluding hydrogens is 288 g/mol. The second kappa shape index (κ2) is 7.63. The number of rotatable bonds is 7. The van der Waals surface area contributed by atoms with E-state index in [1.54, 1.807) is 60.7 Å². The molecule has 0 amide bonds. The lowest BCUT2D eigenvalue weighted by molar-refractivity contribution is -0.131. The summed E-state index contributed by atoms with van der Waals surface area (Å²) in [5, 5.41) is 0. The molecule has 0 heterocycles. The van der Waals surface area contributed by atoms with Crippen LogP contribution in [0.4, 0.5) is 0 Å². The van der Waals surface area contributed by atoms with Crippen LogP contribution in [-0.4, -0.2) is 17.3 Å². The van der Waals surface area contributed by atoms with Crippen LogP contribution in [0.1, 0.15) is 47.3 Å². The molecule has 0 radical (unpaired) electrons. The standard InChI is InChI=1S/C20H20O3/c1-14(21)13-18(16-9-5-3-6-10-16)20(23)19(15(2)22)17-11-7-4-8-12-17/h3-12,18-19H,13H2,1-2H3/i2D3. The quantitative estimate of drug-likeness (QED) is 0.733. The topological polar surface area (TPSA) is 51.2 Å². The second-order valence-electron chi connectivity index (χ2n) is 5.48. The van der Waals surface area contributed by atoms with Gasteiger partial charge in [-0.2, -0.15) is 0 Å². The van der Waals surface area contributed by atoms with Crippen molar-refractivity contribution in [1.29, 1.82) is 0 Å². The number of carbonyl (C=O) groups is 3. The first-order valence-corrected chi connectivity index (χ1v) is 7.39. The minimum Gasteiger partial charge on any atom is -0.300 e. The van der Waals surface area contributed by atoms with E-state index in [1.807, 2.05) is 0 Å². The molecule has 0 bridgehead atoms. The molecule has 2 atom stereocenters. The van der Waals surface area contributed by atoms with Gasteiger partial charge in [0, 0.05) is 10.5 Å². The lowest BCUT2D eigenvalue weighted by Crippen LogP contribution is -2.27. The predicted octanol–water partition coefficient (Wildman–Crippen LogP) is 3.69. The Kier molecular flexibility index (Phi) is 4.30. The average Bonchev–Trinajstić information content (AvgIpc) is 2.60. The molecule has 2 aromatic carbocycles. The fourth-order valence-corrected chi connectivity index (χ4v) is 2.65. The van der Waals surface area contributed by atoms with E-state index < -0.39 is 30.3 Å². The number of benzene rings is 2. The molecule has 2 aromatic rings. The highest BCUT2D eigenvalue weighted by molar-refractivity contribution is 6.10. The van der Waals surface area contributed by atoms with Crippen molar-refractivity contribution in [3.8, 4) is 0 Å². The molecule has 3 nitrogen and oxygen atoms in total. The fourth-order valence-electron chi connectivity index (χ4n) is 2.65. The van der Waals surface area contributed by atoms with Gasteiger partial charge in [0.05, 0.1) is 5.92 Å². The van der Waals surface area contributed by atoms with E-state index in [2.05, 4.69) is 0 Å². The van der Waals surface area contributed by atoms with Crippen LogP contribution >= 0.6 is 0 Å². The highest BCUT2D eigenvalue weighted by Gasteiger charge is 2.32. The summed E-state index contributed by atoms with van der Waals surface area (Å²) in [5.41, 5.74) is 0.912. The van der Waals surface area contributed by atoms with Crippen LogP contribution in [0.3, 0.4) is 0 Å². The smallest absolute Gasteiger partial charge is 0.155 e. The summed E-state index contributed by atoms with van der Waals surface area (Å²) in [4.78, 5) is 37.5. The Bertz CT molecular complexity index is 783. The van der Waals surface area contributed by atoms with Crippen LogP contribution in [0.2, 0.25) is 0 Å². The van der Waals surface area contributed by atoms with Crippen molar-refractivity contribution in [2.75, 3.05) is 0 Å². The maximum absolute atomic E-state index is 13.2. The van der Waals surface area contributed by atoms with Gasteiger partial charge >= 0.3 is 0 Å². The molecule has 0 aliphatic rings. The van der Waals surface area contributed by atoms with E-state index in [9.17, 15) is 14.4 Å². The molecule has 0 N–H and O–H groups in total. The summed E-state index contributed by atoms with van der Waals surface area (Å²) in [6.07, 6.45) is -0.0829. The largest absolute Gasteiger partial charge is 0.300 e. The van der Waals surface area contributed by atoms with Crippen molar-refractivity contribution >= 4 is 17.3 Å². The summed E-state index contributed by atoms with van der Waals surface area (Å²) in [6.45, 7) is -1.54. The molecular formula is C20H20O3. The molecule has 0 aliphatic heterocycles. The van der Waals surface area contributed by atoms with Gasteiger partial charge in [0.15, 0.2) is 5.78 Å². The van der Waals surface area contributed by atoms with Crippen LogP contribution in [-0.2, 0) is 14.4 Å². The van der Waals surface area contributed by atoms with E-state index in [0.717, 1.165) is 0 Å². The maximum Gasteiger partial charge on any atom is 0.155 e. The molecule has 23 heavy (non-hydrogen) atoms. The first kappa shape index (κ1) is 12.9. The lowest BCUT2D eigenvalue weighted by Gasteiger charge is -2.21. The zero-order valence-electron chi connectivity index (χ0n) is 15.9. The minimum atomic E-state index is -2.91. The lowest BCUT2D eigenvalue weighted by atomic mass is 9.80. The van der Waals surface area contributed by atoms with Gasteiger partial charge in [-0.15, -0.1) is 0 Å². The number of ketones is 3. The highest BCUT2D eigenvalue weighted by Crippen LogP contribution is 2.30. The number of carbonyl (C=O) groups excluding carboxylic acids is 3. The first-order valence-electron chi connectivity index (χ1n) is 8.89. The van der Waals surface area contributed by atoms with Crippen molar-refractivity contribution < 1.29 is 18.5 Å². The summed E-state index contributed by atoms with van der Waals surface area (Å²) in [7, 11) is 0. The average molecular weight is 311 g/mol. The van der Waals surface area contributed by atoms with E-state index >= 15 is 0 Å². The van der Waals surface area contributed by atoms with Crippen molar-refractivity contribution in [2.24, 2.45) is 0 Å². The SMILES string of the molecule is [2H]C([2H])([2H])C(=O)C(C(=O)C(CC(C)=O)c1ccccc1)c1ccccc1. The Morgan fingerprint density at radius 1 is 0.913 bits per heavy atom. The van der Waals surface area contributed by atoms with E-state index in [1.165, 1.54) is 6.92 Å². The van der Waals surface area contributed by atoms with Gasteiger partial charge in [-0.1, -0.05) is 60.7 Å². The first-order chi connectivity index (χ1) is 12.2. The Balaban J connectivity index is 2.52. The maximum atomic E-state index is 13.2. The van der Waals surface area contributed by atoms with Gasteiger partial charge in [0.2, 0.25) is 0 Å². The normalized spacial score (nSPS) is 15.6. The molecule has 0 spiro atoms. The highest BCUT2D eigenvalue weighted by atomic mass is 16.2. The van der Waals surface area contributed by atoms with Gasteiger partial charge in [0.1, 0.15) is 17.5 Å². The van der Waals surface area contributed by atoms with Crippen LogP contribution in [0.25, 0.3) is 0 Å². The Morgan fingerprint density at radius 3 is 1.91 bits per heavy atom.